The van der Waals surface area contributed by atoms with E-state index in [0.717, 1.165) is 11.3 Å². The smallest absolute Gasteiger partial charge is 0.0952 e. The average molecular weight is 271 g/mol. The van der Waals surface area contributed by atoms with E-state index in [9.17, 15) is 0 Å². The van der Waals surface area contributed by atoms with Crippen LogP contribution in [-0.4, -0.2) is 7.05 Å². The van der Waals surface area contributed by atoms with Gasteiger partial charge < -0.3 is 15.1 Å². The molecule has 0 saturated carbocycles. The van der Waals surface area contributed by atoms with Gasteiger partial charge in [0.15, 0.2) is 0 Å². The van der Waals surface area contributed by atoms with Gasteiger partial charge in [-0.15, -0.1) is 0 Å². The maximum Gasteiger partial charge on any atom is 0.0952 e. The summed E-state index contributed by atoms with van der Waals surface area (Å²) in [6.45, 7) is 0.667. The molecule has 2 rings (SSSR count). The first-order valence-corrected chi connectivity index (χ1v) is 5.80. The molecule has 0 bridgehead atoms. The van der Waals surface area contributed by atoms with Crippen LogP contribution in [0.3, 0.4) is 0 Å². The first-order valence-electron chi connectivity index (χ1n) is 5.04. The van der Waals surface area contributed by atoms with Crippen molar-refractivity contribution in [2.75, 3.05) is 17.7 Å². The Bertz CT molecular complexity index is 488. The SMILES string of the molecule is CN(Cc1ccoc1)c1c(Cl)cc(N)cc1Cl. The Hall–Kier alpha value is -1.32. The molecule has 3 nitrogen and oxygen atoms in total. The molecule has 0 radical (unpaired) electrons. The highest BCUT2D eigenvalue weighted by molar-refractivity contribution is 6.39. The minimum Gasteiger partial charge on any atom is -0.472 e. The predicted octanol–water partition coefficient (Wildman–Crippen LogP) is 3.81. The molecule has 0 atom stereocenters. The molecular formula is C12H12Cl2N2O. The van der Waals surface area contributed by atoms with Crippen LogP contribution in [0, 0.1) is 0 Å². The molecule has 0 spiro atoms. The van der Waals surface area contributed by atoms with Crippen LogP contribution >= 0.6 is 23.2 Å². The number of halogens is 2. The highest BCUT2D eigenvalue weighted by Crippen LogP contribution is 2.35. The maximum absolute atomic E-state index is 6.14. The van der Waals surface area contributed by atoms with Gasteiger partial charge in [0.2, 0.25) is 0 Å². The molecule has 1 aromatic carbocycles. The summed E-state index contributed by atoms with van der Waals surface area (Å²) in [4.78, 5) is 1.95. The second-order valence-electron chi connectivity index (χ2n) is 3.82. The van der Waals surface area contributed by atoms with Gasteiger partial charge in [-0.3, -0.25) is 0 Å². The molecule has 1 aromatic heterocycles. The molecule has 0 unspecified atom stereocenters. The van der Waals surface area contributed by atoms with Crippen LogP contribution in [0.25, 0.3) is 0 Å². The van der Waals surface area contributed by atoms with Gasteiger partial charge in [-0.2, -0.15) is 0 Å². The first-order chi connectivity index (χ1) is 8.08. The van der Waals surface area contributed by atoms with E-state index in [1.165, 1.54) is 0 Å². The van der Waals surface area contributed by atoms with Gasteiger partial charge in [-0.1, -0.05) is 23.2 Å². The molecule has 0 aliphatic rings. The Balaban J connectivity index is 2.27. The first kappa shape index (κ1) is 12.1. The van der Waals surface area contributed by atoms with E-state index >= 15 is 0 Å². The van der Waals surface area contributed by atoms with Crippen molar-refractivity contribution in [1.29, 1.82) is 0 Å². The Labute approximate surface area is 110 Å². The van der Waals surface area contributed by atoms with Gasteiger partial charge in [0.25, 0.3) is 0 Å². The molecule has 17 heavy (non-hydrogen) atoms. The molecule has 0 aliphatic heterocycles. The topological polar surface area (TPSA) is 42.4 Å². The monoisotopic (exact) mass is 270 g/mol. The Morgan fingerprint density at radius 1 is 1.29 bits per heavy atom. The Kier molecular flexibility index (Phi) is 3.50. The molecule has 0 saturated heterocycles. The highest BCUT2D eigenvalue weighted by Gasteiger charge is 2.12. The lowest BCUT2D eigenvalue weighted by Gasteiger charge is -2.21. The van der Waals surface area contributed by atoms with Crippen molar-refractivity contribution < 1.29 is 4.42 Å². The van der Waals surface area contributed by atoms with Crippen LogP contribution in [0.2, 0.25) is 10.0 Å². The quantitative estimate of drug-likeness (QED) is 0.863. The van der Waals surface area contributed by atoms with Crippen LogP contribution in [0.15, 0.2) is 35.1 Å². The van der Waals surface area contributed by atoms with Crippen LogP contribution in [0.1, 0.15) is 5.56 Å². The summed E-state index contributed by atoms with van der Waals surface area (Å²) in [6.07, 6.45) is 3.32. The fraction of sp³-hybridized carbons (Fsp3) is 0.167. The van der Waals surface area contributed by atoms with Gasteiger partial charge in [-0.05, 0) is 18.2 Å². The summed E-state index contributed by atoms with van der Waals surface area (Å²) >= 11 is 12.3. The van der Waals surface area contributed by atoms with Crippen molar-refractivity contribution in [3.8, 4) is 0 Å². The number of nitrogen functional groups attached to an aromatic ring is 1. The molecule has 2 N–H and O–H groups in total. The number of rotatable bonds is 3. The summed E-state index contributed by atoms with van der Waals surface area (Å²) in [6, 6.07) is 5.28. The maximum atomic E-state index is 6.14. The van der Waals surface area contributed by atoms with Crippen molar-refractivity contribution in [2.24, 2.45) is 0 Å². The van der Waals surface area contributed by atoms with E-state index in [4.69, 9.17) is 33.4 Å². The number of nitrogens with two attached hydrogens (primary N) is 1. The molecule has 90 valence electrons. The molecule has 0 aliphatic carbocycles. The van der Waals surface area contributed by atoms with Crippen molar-refractivity contribution in [3.05, 3.63) is 46.3 Å². The summed E-state index contributed by atoms with van der Waals surface area (Å²) < 4.78 is 5.02. The third kappa shape index (κ3) is 2.68. The second kappa shape index (κ2) is 4.90. The van der Waals surface area contributed by atoms with Crippen molar-refractivity contribution in [1.82, 2.24) is 0 Å². The van der Waals surface area contributed by atoms with Gasteiger partial charge in [0.05, 0.1) is 28.3 Å². The molecule has 0 fully saturated rings. The summed E-state index contributed by atoms with van der Waals surface area (Å²) in [5, 5.41) is 1.09. The second-order valence-corrected chi connectivity index (χ2v) is 4.64. The van der Waals surface area contributed by atoms with Crippen molar-refractivity contribution in [3.63, 3.8) is 0 Å². The standard InChI is InChI=1S/C12H12Cl2N2O/c1-16(6-8-2-3-17-7-8)12-10(13)4-9(15)5-11(12)14/h2-5,7H,6,15H2,1H3. The third-order valence-electron chi connectivity index (χ3n) is 2.42. The molecule has 5 heteroatoms. The fourth-order valence-electron chi connectivity index (χ4n) is 1.69. The summed E-state index contributed by atoms with van der Waals surface area (Å²) in [5.41, 5.74) is 8.04. The number of benzene rings is 1. The van der Waals surface area contributed by atoms with Crippen LogP contribution in [0.4, 0.5) is 11.4 Å². The van der Waals surface area contributed by atoms with E-state index < -0.39 is 0 Å². The minimum atomic E-state index is 0.543. The van der Waals surface area contributed by atoms with E-state index in [1.54, 1.807) is 24.7 Å². The third-order valence-corrected chi connectivity index (χ3v) is 3.00. The zero-order valence-electron chi connectivity index (χ0n) is 9.28. The van der Waals surface area contributed by atoms with Crippen LogP contribution in [-0.2, 0) is 6.54 Å². The van der Waals surface area contributed by atoms with E-state index in [2.05, 4.69) is 0 Å². The number of nitrogens with zero attached hydrogens (tertiary/aromatic N) is 1. The lowest BCUT2D eigenvalue weighted by molar-refractivity contribution is 0.563. The minimum absolute atomic E-state index is 0.543. The van der Waals surface area contributed by atoms with Crippen molar-refractivity contribution >= 4 is 34.6 Å². The van der Waals surface area contributed by atoms with Gasteiger partial charge >= 0.3 is 0 Å². The largest absolute Gasteiger partial charge is 0.472 e. The number of hydrogen-bond donors (Lipinski definition) is 1. The highest BCUT2D eigenvalue weighted by atomic mass is 35.5. The van der Waals surface area contributed by atoms with E-state index in [1.807, 2.05) is 18.0 Å². The zero-order valence-corrected chi connectivity index (χ0v) is 10.8. The Morgan fingerprint density at radius 2 is 1.94 bits per heavy atom. The predicted molar refractivity (Wildman–Crippen MR) is 71.7 cm³/mol. The average Bonchev–Trinajstić information content (AvgIpc) is 2.68. The number of furan rings is 1. The molecule has 1 heterocycles. The lowest BCUT2D eigenvalue weighted by atomic mass is 10.2. The fourth-order valence-corrected chi connectivity index (χ4v) is 2.48. The van der Waals surface area contributed by atoms with Gasteiger partial charge in [-0.25, -0.2) is 0 Å². The van der Waals surface area contributed by atoms with Crippen LogP contribution < -0.4 is 10.6 Å². The van der Waals surface area contributed by atoms with Crippen molar-refractivity contribution in [2.45, 2.75) is 6.54 Å². The normalized spacial score (nSPS) is 10.5. The van der Waals surface area contributed by atoms with Crippen LogP contribution in [0.5, 0.6) is 0 Å². The van der Waals surface area contributed by atoms with Gasteiger partial charge in [0.1, 0.15) is 0 Å². The van der Waals surface area contributed by atoms with E-state index in [0.29, 0.717) is 22.3 Å². The van der Waals surface area contributed by atoms with Gasteiger partial charge in [0, 0.05) is 24.8 Å². The summed E-state index contributed by atoms with van der Waals surface area (Å²) in [7, 11) is 1.91. The van der Waals surface area contributed by atoms with E-state index in [-0.39, 0.29) is 0 Å². The summed E-state index contributed by atoms with van der Waals surface area (Å²) in [5.74, 6) is 0. The lowest BCUT2D eigenvalue weighted by Crippen LogP contribution is -2.17. The molecule has 0 amide bonds. The number of anilines is 2. The zero-order chi connectivity index (χ0) is 12.4. The number of hydrogen-bond acceptors (Lipinski definition) is 3. The Morgan fingerprint density at radius 3 is 2.47 bits per heavy atom. The molecular weight excluding hydrogens is 259 g/mol. The molecule has 2 aromatic rings.